The minimum atomic E-state index is -0.294. The molecule has 0 aliphatic carbocycles. The molecule has 1 saturated heterocycles. The van der Waals surface area contributed by atoms with Gasteiger partial charge in [-0.25, -0.2) is 0 Å². The Balaban J connectivity index is 2.45. The van der Waals surface area contributed by atoms with Crippen LogP contribution in [0.5, 0.6) is 0 Å². The second-order valence-electron chi connectivity index (χ2n) is 4.69. The Labute approximate surface area is 92.1 Å². The number of aliphatic hydroxyl groups is 2. The van der Waals surface area contributed by atoms with Crippen molar-refractivity contribution in [3.63, 3.8) is 0 Å². The Kier molecular flexibility index (Phi) is 5.53. The SMILES string of the molecule is CC(O)CC(CC(C)O)C1CNCCN1. The second kappa shape index (κ2) is 6.43. The molecule has 1 rings (SSSR count). The molecule has 3 unspecified atom stereocenters. The fourth-order valence-corrected chi connectivity index (χ4v) is 2.31. The molecule has 1 aliphatic rings. The molecule has 3 atom stereocenters. The van der Waals surface area contributed by atoms with E-state index in [1.54, 1.807) is 0 Å². The number of piperazine rings is 1. The molecule has 0 aromatic rings. The number of hydrogen-bond acceptors (Lipinski definition) is 4. The number of hydrogen-bond donors (Lipinski definition) is 4. The summed E-state index contributed by atoms with van der Waals surface area (Å²) in [6.45, 7) is 6.54. The molecule has 4 N–H and O–H groups in total. The average Bonchev–Trinajstić information content (AvgIpc) is 2.17. The molecule has 0 aromatic heterocycles. The van der Waals surface area contributed by atoms with E-state index in [1.807, 2.05) is 13.8 Å². The highest BCUT2D eigenvalue weighted by Crippen LogP contribution is 2.19. The summed E-state index contributed by atoms with van der Waals surface area (Å²) in [6, 6.07) is 0.378. The smallest absolute Gasteiger partial charge is 0.0515 e. The van der Waals surface area contributed by atoms with Gasteiger partial charge in [-0.2, -0.15) is 0 Å². The Hall–Kier alpha value is -0.160. The number of rotatable bonds is 5. The van der Waals surface area contributed by atoms with Gasteiger partial charge in [-0.1, -0.05) is 0 Å². The van der Waals surface area contributed by atoms with Gasteiger partial charge in [0.15, 0.2) is 0 Å². The van der Waals surface area contributed by atoms with Crippen LogP contribution in [0.2, 0.25) is 0 Å². The van der Waals surface area contributed by atoms with Gasteiger partial charge in [0.1, 0.15) is 0 Å². The van der Waals surface area contributed by atoms with Gasteiger partial charge in [0, 0.05) is 25.7 Å². The number of aliphatic hydroxyl groups excluding tert-OH is 2. The van der Waals surface area contributed by atoms with Crippen LogP contribution in [0.15, 0.2) is 0 Å². The summed E-state index contributed by atoms with van der Waals surface area (Å²) in [5, 5.41) is 25.7. The normalized spacial score (nSPS) is 28.4. The largest absolute Gasteiger partial charge is 0.393 e. The third kappa shape index (κ3) is 4.93. The lowest BCUT2D eigenvalue weighted by molar-refractivity contribution is 0.0997. The molecule has 0 amide bonds. The van der Waals surface area contributed by atoms with Crippen LogP contribution in [0.3, 0.4) is 0 Å². The molecule has 90 valence electrons. The third-order valence-electron chi connectivity index (χ3n) is 2.93. The van der Waals surface area contributed by atoms with E-state index in [0.717, 1.165) is 32.5 Å². The molecule has 1 fully saturated rings. The Bertz CT molecular complexity index is 158. The maximum Gasteiger partial charge on any atom is 0.0515 e. The molecular weight excluding hydrogens is 192 g/mol. The van der Waals surface area contributed by atoms with Crippen LogP contribution in [-0.2, 0) is 0 Å². The monoisotopic (exact) mass is 216 g/mol. The highest BCUT2D eigenvalue weighted by Gasteiger charge is 2.25. The molecule has 1 aliphatic heterocycles. The van der Waals surface area contributed by atoms with Crippen molar-refractivity contribution in [1.29, 1.82) is 0 Å². The fraction of sp³-hybridized carbons (Fsp3) is 1.00. The van der Waals surface area contributed by atoms with Gasteiger partial charge in [0.25, 0.3) is 0 Å². The Morgan fingerprint density at radius 1 is 1.13 bits per heavy atom. The zero-order chi connectivity index (χ0) is 11.3. The highest BCUT2D eigenvalue weighted by atomic mass is 16.3. The van der Waals surface area contributed by atoms with E-state index in [1.165, 1.54) is 0 Å². The Morgan fingerprint density at radius 2 is 1.73 bits per heavy atom. The molecule has 15 heavy (non-hydrogen) atoms. The average molecular weight is 216 g/mol. The molecule has 0 bridgehead atoms. The van der Waals surface area contributed by atoms with Gasteiger partial charge in [-0.05, 0) is 32.6 Å². The molecule has 1 heterocycles. The van der Waals surface area contributed by atoms with Crippen LogP contribution < -0.4 is 10.6 Å². The highest BCUT2D eigenvalue weighted by molar-refractivity contribution is 4.84. The van der Waals surface area contributed by atoms with Gasteiger partial charge < -0.3 is 20.8 Å². The van der Waals surface area contributed by atoms with Crippen molar-refractivity contribution in [3.05, 3.63) is 0 Å². The molecule has 0 spiro atoms. The van der Waals surface area contributed by atoms with E-state index in [4.69, 9.17) is 0 Å². The molecule has 0 saturated carbocycles. The van der Waals surface area contributed by atoms with Crippen LogP contribution in [0.25, 0.3) is 0 Å². The summed E-state index contributed by atoms with van der Waals surface area (Å²) < 4.78 is 0. The van der Waals surface area contributed by atoms with E-state index in [9.17, 15) is 10.2 Å². The van der Waals surface area contributed by atoms with Crippen molar-refractivity contribution in [2.24, 2.45) is 5.92 Å². The van der Waals surface area contributed by atoms with Crippen LogP contribution in [-0.4, -0.2) is 48.1 Å². The summed E-state index contributed by atoms with van der Waals surface area (Å²) >= 11 is 0. The summed E-state index contributed by atoms with van der Waals surface area (Å²) in [5.74, 6) is 0.345. The van der Waals surface area contributed by atoms with Crippen molar-refractivity contribution >= 4 is 0 Å². The predicted octanol–water partition coefficient (Wildman–Crippen LogP) is -0.294. The Morgan fingerprint density at radius 3 is 2.13 bits per heavy atom. The maximum atomic E-state index is 9.44. The standard InChI is InChI=1S/C11H24N2O2/c1-8(14)5-10(6-9(2)15)11-7-12-3-4-13-11/h8-15H,3-7H2,1-2H3. The van der Waals surface area contributed by atoms with Crippen LogP contribution in [0.4, 0.5) is 0 Å². The van der Waals surface area contributed by atoms with Crippen molar-refractivity contribution in [2.75, 3.05) is 19.6 Å². The zero-order valence-electron chi connectivity index (χ0n) is 9.74. The summed E-state index contributed by atoms with van der Waals surface area (Å²) in [5.41, 5.74) is 0. The summed E-state index contributed by atoms with van der Waals surface area (Å²) in [7, 11) is 0. The third-order valence-corrected chi connectivity index (χ3v) is 2.93. The molecule has 0 aromatic carbocycles. The molecule has 4 nitrogen and oxygen atoms in total. The molecular formula is C11H24N2O2. The van der Waals surface area contributed by atoms with Gasteiger partial charge >= 0.3 is 0 Å². The summed E-state index contributed by atoms with van der Waals surface area (Å²) in [6.07, 6.45) is 0.920. The van der Waals surface area contributed by atoms with Gasteiger partial charge in [-0.3, -0.25) is 0 Å². The van der Waals surface area contributed by atoms with E-state index in [2.05, 4.69) is 10.6 Å². The first-order valence-corrected chi connectivity index (χ1v) is 5.90. The lowest BCUT2D eigenvalue weighted by Crippen LogP contribution is -2.52. The van der Waals surface area contributed by atoms with Crippen molar-refractivity contribution in [2.45, 2.75) is 44.9 Å². The van der Waals surface area contributed by atoms with E-state index < -0.39 is 0 Å². The first kappa shape index (κ1) is 12.9. The van der Waals surface area contributed by atoms with Gasteiger partial charge in [-0.15, -0.1) is 0 Å². The lowest BCUT2D eigenvalue weighted by atomic mass is 9.88. The minimum Gasteiger partial charge on any atom is -0.393 e. The number of nitrogens with one attached hydrogen (secondary N) is 2. The first-order chi connectivity index (χ1) is 7.09. The first-order valence-electron chi connectivity index (χ1n) is 5.90. The van der Waals surface area contributed by atoms with E-state index >= 15 is 0 Å². The predicted molar refractivity (Wildman–Crippen MR) is 60.7 cm³/mol. The molecule has 0 radical (unpaired) electrons. The van der Waals surface area contributed by atoms with E-state index in [-0.39, 0.29) is 12.2 Å². The minimum absolute atomic E-state index is 0.294. The summed E-state index contributed by atoms with van der Waals surface area (Å²) in [4.78, 5) is 0. The topological polar surface area (TPSA) is 64.5 Å². The van der Waals surface area contributed by atoms with Crippen molar-refractivity contribution in [3.8, 4) is 0 Å². The maximum absolute atomic E-state index is 9.44. The fourth-order valence-electron chi connectivity index (χ4n) is 2.31. The quantitative estimate of drug-likeness (QED) is 0.510. The molecule has 4 heteroatoms. The van der Waals surface area contributed by atoms with Crippen LogP contribution >= 0.6 is 0 Å². The van der Waals surface area contributed by atoms with Crippen LogP contribution in [0, 0.1) is 5.92 Å². The second-order valence-corrected chi connectivity index (χ2v) is 4.69. The van der Waals surface area contributed by atoms with E-state index in [0.29, 0.717) is 12.0 Å². The van der Waals surface area contributed by atoms with Gasteiger partial charge in [0.2, 0.25) is 0 Å². The van der Waals surface area contributed by atoms with Crippen molar-refractivity contribution in [1.82, 2.24) is 10.6 Å². The zero-order valence-corrected chi connectivity index (χ0v) is 9.74. The lowest BCUT2D eigenvalue weighted by Gasteiger charge is -2.33. The van der Waals surface area contributed by atoms with Gasteiger partial charge in [0.05, 0.1) is 12.2 Å². The van der Waals surface area contributed by atoms with Crippen LogP contribution in [0.1, 0.15) is 26.7 Å². The van der Waals surface area contributed by atoms with Crippen molar-refractivity contribution < 1.29 is 10.2 Å².